The van der Waals surface area contributed by atoms with E-state index in [4.69, 9.17) is 16.0 Å². The van der Waals surface area contributed by atoms with E-state index < -0.39 is 22.7 Å². The molecular formula is C18H11ClF3N3O2. The Labute approximate surface area is 156 Å². The lowest BCUT2D eigenvalue weighted by atomic mass is 10.1. The average molecular weight is 394 g/mol. The summed E-state index contributed by atoms with van der Waals surface area (Å²) in [7, 11) is 0. The minimum absolute atomic E-state index is 0.196. The van der Waals surface area contributed by atoms with Crippen molar-refractivity contribution in [1.82, 2.24) is 10.2 Å². The molecule has 2 aromatic carbocycles. The van der Waals surface area contributed by atoms with Gasteiger partial charge in [0.05, 0.1) is 10.6 Å². The van der Waals surface area contributed by atoms with Crippen LogP contribution in [0.5, 0.6) is 0 Å². The largest absolute Gasteiger partial charge is 0.423 e. The molecule has 27 heavy (non-hydrogen) atoms. The normalized spacial score (nSPS) is 11.7. The standard InChI is InChI=1S/C18H11ClF3N3O2/c19-15-6-4-11(8-14(15)18(20,21)22)5-7-16(26)24-13-3-1-2-12(9-13)17-25-23-10-27-17/h1-10H,(H,24,26). The molecule has 0 saturated heterocycles. The second-order valence-electron chi connectivity index (χ2n) is 5.38. The van der Waals surface area contributed by atoms with Crippen LogP contribution in [0, 0.1) is 0 Å². The molecule has 0 aliphatic rings. The van der Waals surface area contributed by atoms with Gasteiger partial charge in [0, 0.05) is 17.3 Å². The molecule has 0 bridgehead atoms. The molecule has 0 radical (unpaired) electrons. The summed E-state index contributed by atoms with van der Waals surface area (Å²) in [5, 5.41) is 9.56. The molecule has 1 aromatic heterocycles. The number of carbonyl (C=O) groups is 1. The van der Waals surface area contributed by atoms with Gasteiger partial charge in [-0.3, -0.25) is 4.79 Å². The van der Waals surface area contributed by atoms with Crippen LogP contribution in [0.3, 0.4) is 0 Å². The first-order valence-electron chi connectivity index (χ1n) is 7.55. The number of nitrogens with one attached hydrogen (secondary N) is 1. The third kappa shape index (κ3) is 4.73. The number of anilines is 1. The summed E-state index contributed by atoms with van der Waals surface area (Å²) in [5.74, 6) is -0.219. The van der Waals surface area contributed by atoms with Gasteiger partial charge in [-0.25, -0.2) is 0 Å². The molecule has 138 valence electrons. The molecule has 0 fully saturated rings. The van der Waals surface area contributed by atoms with Crippen molar-refractivity contribution in [2.75, 3.05) is 5.32 Å². The molecule has 3 aromatic rings. The first-order valence-corrected chi connectivity index (χ1v) is 7.93. The van der Waals surface area contributed by atoms with Crippen molar-refractivity contribution >= 4 is 29.3 Å². The Balaban J connectivity index is 1.72. The topological polar surface area (TPSA) is 68.0 Å². The maximum absolute atomic E-state index is 12.9. The number of hydrogen-bond acceptors (Lipinski definition) is 4. The lowest BCUT2D eigenvalue weighted by Gasteiger charge is -2.09. The van der Waals surface area contributed by atoms with E-state index in [-0.39, 0.29) is 5.56 Å². The van der Waals surface area contributed by atoms with E-state index >= 15 is 0 Å². The molecule has 0 atom stereocenters. The van der Waals surface area contributed by atoms with Gasteiger partial charge < -0.3 is 9.73 Å². The molecule has 0 unspecified atom stereocenters. The Bertz CT molecular complexity index is 986. The van der Waals surface area contributed by atoms with Crippen molar-refractivity contribution in [2.24, 2.45) is 0 Å². The van der Waals surface area contributed by atoms with E-state index in [0.29, 0.717) is 17.1 Å². The molecule has 0 aliphatic carbocycles. The van der Waals surface area contributed by atoms with Gasteiger partial charge in [-0.2, -0.15) is 13.2 Å². The van der Waals surface area contributed by atoms with Crippen LogP contribution in [0.15, 0.2) is 59.4 Å². The predicted molar refractivity (Wildman–Crippen MR) is 93.9 cm³/mol. The van der Waals surface area contributed by atoms with E-state index in [2.05, 4.69) is 15.5 Å². The zero-order valence-electron chi connectivity index (χ0n) is 13.5. The summed E-state index contributed by atoms with van der Waals surface area (Å²) in [5.41, 5.74) is 0.315. The van der Waals surface area contributed by atoms with Crippen LogP contribution in [0.4, 0.5) is 18.9 Å². The monoisotopic (exact) mass is 393 g/mol. The quantitative estimate of drug-likeness (QED) is 0.629. The number of alkyl halides is 3. The Kier molecular flexibility index (Phi) is 5.27. The van der Waals surface area contributed by atoms with Crippen LogP contribution in [0.1, 0.15) is 11.1 Å². The molecule has 9 heteroatoms. The van der Waals surface area contributed by atoms with Crippen LogP contribution in [-0.2, 0) is 11.0 Å². The zero-order chi connectivity index (χ0) is 19.4. The van der Waals surface area contributed by atoms with E-state index in [1.54, 1.807) is 24.3 Å². The number of nitrogens with zero attached hydrogens (tertiary/aromatic N) is 2. The highest BCUT2D eigenvalue weighted by atomic mass is 35.5. The highest BCUT2D eigenvalue weighted by molar-refractivity contribution is 6.31. The summed E-state index contributed by atoms with van der Waals surface area (Å²) in [6.45, 7) is 0. The second-order valence-corrected chi connectivity index (χ2v) is 5.79. The molecule has 1 heterocycles. The Morgan fingerprint density at radius 2 is 2.00 bits per heavy atom. The van der Waals surface area contributed by atoms with Crippen molar-refractivity contribution in [3.05, 3.63) is 71.1 Å². The van der Waals surface area contributed by atoms with Crippen LogP contribution in [0.25, 0.3) is 17.5 Å². The number of carbonyl (C=O) groups excluding carboxylic acids is 1. The minimum Gasteiger partial charge on any atom is -0.423 e. The van der Waals surface area contributed by atoms with Gasteiger partial charge in [-0.15, -0.1) is 10.2 Å². The fourth-order valence-corrected chi connectivity index (χ4v) is 2.47. The number of rotatable bonds is 4. The number of hydrogen-bond donors (Lipinski definition) is 1. The molecule has 3 rings (SSSR count). The summed E-state index contributed by atoms with van der Waals surface area (Å²) in [4.78, 5) is 12.0. The van der Waals surface area contributed by atoms with Gasteiger partial charge in [0.15, 0.2) is 0 Å². The first kappa shape index (κ1) is 18.7. The Morgan fingerprint density at radius 1 is 1.19 bits per heavy atom. The van der Waals surface area contributed by atoms with Crippen molar-refractivity contribution in [2.45, 2.75) is 6.18 Å². The minimum atomic E-state index is -4.57. The second kappa shape index (κ2) is 7.63. The summed E-state index contributed by atoms with van der Waals surface area (Å²) < 4.78 is 43.7. The van der Waals surface area contributed by atoms with E-state index in [0.717, 1.165) is 18.2 Å². The maximum Gasteiger partial charge on any atom is 0.417 e. The van der Waals surface area contributed by atoms with Gasteiger partial charge in [-0.1, -0.05) is 23.7 Å². The highest BCUT2D eigenvalue weighted by Crippen LogP contribution is 2.35. The lowest BCUT2D eigenvalue weighted by Crippen LogP contribution is -2.08. The first-order chi connectivity index (χ1) is 12.8. The smallest absolute Gasteiger partial charge is 0.417 e. The molecule has 5 nitrogen and oxygen atoms in total. The third-order valence-electron chi connectivity index (χ3n) is 3.46. The highest BCUT2D eigenvalue weighted by Gasteiger charge is 2.33. The van der Waals surface area contributed by atoms with Crippen LogP contribution in [0.2, 0.25) is 5.02 Å². The average Bonchev–Trinajstić information content (AvgIpc) is 3.15. The van der Waals surface area contributed by atoms with Gasteiger partial charge in [0.25, 0.3) is 0 Å². The van der Waals surface area contributed by atoms with Crippen molar-refractivity contribution < 1.29 is 22.4 Å². The van der Waals surface area contributed by atoms with Gasteiger partial charge in [0.2, 0.25) is 18.2 Å². The Morgan fingerprint density at radius 3 is 2.70 bits per heavy atom. The number of aromatic nitrogens is 2. The fourth-order valence-electron chi connectivity index (χ4n) is 2.25. The molecule has 1 N–H and O–H groups in total. The third-order valence-corrected chi connectivity index (χ3v) is 3.79. The maximum atomic E-state index is 12.9. The molecule has 1 amide bonds. The molecular weight excluding hydrogens is 383 g/mol. The number of benzene rings is 2. The van der Waals surface area contributed by atoms with Gasteiger partial charge in [-0.05, 0) is 42.0 Å². The van der Waals surface area contributed by atoms with E-state index in [9.17, 15) is 18.0 Å². The van der Waals surface area contributed by atoms with Gasteiger partial charge in [0.1, 0.15) is 0 Å². The van der Waals surface area contributed by atoms with Crippen molar-refractivity contribution in [3.8, 4) is 11.5 Å². The fraction of sp³-hybridized carbons (Fsp3) is 0.0556. The lowest BCUT2D eigenvalue weighted by molar-refractivity contribution is -0.137. The van der Waals surface area contributed by atoms with Crippen molar-refractivity contribution in [3.63, 3.8) is 0 Å². The SMILES string of the molecule is O=C(C=Cc1ccc(Cl)c(C(F)(F)F)c1)Nc1cccc(-c2nnco2)c1. The number of halogens is 4. The summed E-state index contributed by atoms with van der Waals surface area (Å²) >= 11 is 5.57. The zero-order valence-corrected chi connectivity index (χ0v) is 14.3. The van der Waals surface area contributed by atoms with Crippen LogP contribution in [-0.4, -0.2) is 16.1 Å². The predicted octanol–water partition coefficient (Wildman–Crippen LogP) is 5.06. The van der Waals surface area contributed by atoms with Crippen molar-refractivity contribution in [1.29, 1.82) is 0 Å². The summed E-state index contributed by atoms with van der Waals surface area (Å²) in [6, 6.07) is 10.1. The molecule has 0 saturated carbocycles. The molecule has 0 spiro atoms. The van der Waals surface area contributed by atoms with Crippen LogP contribution >= 0.6 is 11.6 Å². The number of amides is 1. The van der Waals surface area contributed by atoms with Gasteiger partial charge >= 0.3 is 6.18 Å². The van der Waals surface area contributed by atoms with Crippen LogP contribution < -0.4 is 5.32 Å². The summed E-state index contributed by atoms with van der Waals surface area (Å²) in [6.07, 6.45) is -0.992. The van der Waals surface area contributed by atoms with E-state index in [1.165, 1.54) is 18.5 Å². The van der Waals surface area contributed by atoms with E-state index in [1.807, 2.05) is 0 Å². The molecule has 0 aliphatic heterocycles. The Hall–Kier alpha value is -3.13.